The summed E-state index contributed by atoms with van der Waals surface area (Å²) in [5, 5.41) is 2.69. The number of aromatic nitrogens is 3. The molecule has 0 spiro atoms. The van der Waals surface area contributed by atoms with Gasteiger partial charge in [-0.3, -0.25) is 10.1 Å². The Balaban J connectivity index is 1.65. The Bertz CT molecular complexity index is 679. The number of carbonyl (C=O) groups is 1. The maximum atomic E-state index is 12.2. The second-order valence-corrected chi connectivity index (χ2v) is 6.57. The number of anilines is 1. The molecular formula is C16H18N4O2S. The average Bonchev–Trinajstić information content (AvgIpc) is 3.00. The number of ether oxygens (including phenoxy) is 1. The van der Waals surface area contributed by atoms with Gasteiger partial charge in [-0.25, -0.2) is 15.0 Å². The smallest absolute Gasteiger partial charge is 0.259 e. The van der Waals surface area contributed by atoms with Gasteiger partial charge in [-0.05, 0) is 38.2 Å². The molecule has 2 aromatic rings. The highest BCUT2D eigenvalue weighted by molar-refractivity contribution is 7.99. The molecule has 2 aromatic heterocycles. The van der Waals surface area contributed by atoms with Crippen LogP contribution in [-0.4, -0.2) is 38.5 Å². The standard InChI is InChI=1S/C16H18N4O2S/c1-10-7-11(2)19-16(18-10)20-15(21)12-3-4-14(17-8-12)22-13-5-6-23-9-13/h3-4,7-8,13H,5-6,9H2,1-2H3,(H,18,19,20,21)/t13-/m1/s1. The molecule has 0 aliphatic carbocycles. The lowest BCUT2D eigenvalue weighted by molar-refractivity contribution is 0.102. The van der Waals surface area contributed by atoms with E-state index in [1.807, 2.05) is 31.7 Å². The molecule has 3 heterocycles. The summed E-state index contributed by atoms with van der Waals surface area (Å²) in [4.78, 5) is 24.8. The molecule has 0 bridgehead atoms. The molecule has 1 saturated heterocycles. The number of hydrogen-bond acceptors (Lipinski definition) is 6. The van der Waals surface area contributed by atoms with Gasteiger partial charge in [0.15, 0.2) is 0 Å². The Labute approximate surface area is 139 Å². The number of aryl methyl sites for hydroxylation is 2. The third kappa shape index (κ3) is 4.19. The van der Waals surface area contributed by atoms with E-state index in [0.717, 1.165) is 29.3 Å². The fourth-order valence-electron chi connectivity index (χ4n) is 2.32. The predicted molar refractivity (Wildman–Crippen MR) is 90.1 cm³/mol. The van der Waals surface area contributed by atoms with Crippen LogP contribution in [-0.2, 0) is 0 Å². The number of pyridine rings is 1. The van der Waals surface area contributed by atoms with Crippen LogP contribution in [0.5, 0.6) is 5.88 Å². The summed E-state index contributed by atoms with van der Waals surface area (Å²) in [6, 6.07) is 5.27. The minimum Gasteiger partial charge on any atom is -0.473 e. The Kier molecular flexibility index (Phi) is 4.76. The molecule has 3 rings (SSSR count). The second-order valence-electron chi connectivity index (χ2n) is 5.42. The van der Waals surface area contributed by atoms with Crippen molar-refractivity contribution in [3.8, 4) is 5.88 Å². The highest BCUT2D eigenvalue weighted by Gasteiger charge is 2.17. The van der Waals surface area contributed by atoms with Gasteiger partial charge in [0.1, 0.15) is 6.10 Å². The molecule has 0 unspecified atom stereocenters. The first-order chi connectivity index (χ1) is 11.1. The maximum absolute atomic E-state index is 12.2. The lowest BCUT2D eigenvalue weighted by Crippen LogP contribution is -2.17. The summed E-state index contributed by atoms with van der Waals surface area (Å²) in [6.07, 6.45) is 2.77. The Morgan fingerprint density at radius 2 is 2.09 bits per heavy atom. The van der Waals surface area contributed by atoms with Gasteiger partial charge in [-0.2, -0.15) is 11.8 Å². The van der Waals surface area contributed by atoms with E-state index in [0.29, 0.717) is 17.4 Å². The lowest BCUT2D eigenvalue weighted by Gasteiger charge is -2.11. The summed E-state index contributed by atoms with van der Waals surface area (Å²) in [5.74, 6) is 2.69. The Morgan fingerprint density at radius 3 is 2.70 bits per heavy atom. The summed E-state index contributed by atoms with van der Waals surface area (Å²) in [7, 11) is 0. The molecule has 0 saturated carbocycles. The largest absolute Gasteiger partial charge is 0.473 e. The molecule has 0 aromatic carbocycles. The molecule has 1 fully saturated rings. The van der Waals surface area contributed by atoms with Gasteiger partial charge in [0.05, 0.1) is 5.56 Å². The minimum absolute atomic E-state index is 0.218. The van der Waals surface area contributed by atoms with E-state index in [1.54, 1.807) is 12.1 Å². The molecule has 0 radical (unpaired) electrons. The van der Waals surface area contributed by atoms with Crippen molar-refractivity contribution in [1.29, 1.82) is 0 Å². The van der Waals surface area contributed by atoms with Crippen molar-refractivity contribution < 1.29 is 9.53 Å². The van der Waals surface area contributed by atoms with Gasteiger partial charge >= 0.3 is 0 Å². The SMILES string of the molecule is Cc1cc(C)nc(NC(=O)c2ccc(O[C@@H]3CCSC3)nc2)n1. The third-order valence-corrected chi connectivity index (χ3v) is 4.51. The molecule has 6 nitrogen and oxygen atoms in total. The molecule has 1 aliphatic heterocycles. The zero-order valence-electron chi connectivity index (χ0n) is 13.1. The van der Waals surface area contributed by atoms with Gasteiger partial charge in [0.25, 0.3) is 5.91 Å². The highest BCUT2D eigenvalue weighted by Crippen LogP contribution is 2.22. The molecule has 120 valence electrons. The van der Waals surface area contributed by atoms with Crippen molar-refractivity contribution in [3.63, 3.8) is 0 Å². The molecule has 7 heteroatoms. The van der Waals surface area contributed by atoms with E-state index in [4.69, 9.17) is 4.74 Å². The van der Waals surface area contributed by atoms with Crippen molar-refractivity contribution in [2.45, 2.75) is 26.4 Å². The summed E-state index contributed by atoms with van der Waals surface area (Å²) < 4.78 is 5.77. The first-order valence-corrected chi connectivity index (χ1v) is 8.60. The van der Waals surface area contributed by atoms with E-state index in [1.165, 1.54) is 6.20 Å². The number of rotatable bonds is 4. The number of nitrogens with one attached hydrogen (secondary N) is 1. The van der Waals surface area contributed by atoms with Crippen molar-refractivity contribution in [3.05, 3.63) is 41.3 Å². The normalized spacial score (nSPS) is 17.0. The van der Waals surface area contributed by atoms with E-state index >= 15 is 0 Å². The number of thioether (sulfide) groups is 1. The number of hydrogen-bond donors (Lipinski definition) is 1. The van der Waals surface area contributed by atoms with Gasteiger partial charge in [-0.15, -0.1) is 0 Å². The minimum atomic E-state index is -0.287. The van der Waals surface area contributed by atoms with Crippen LogP contribution in [0.1, 0.15) is 28.2 Å². The van der Waals surface area contributed by atoms with Crippen LogP contribution in [0.4, 0.5) is 5.95 Å². The van der Waals surface area contributed by atoms with E-state index < -0.39 is 0 Å². The van der Waals surface area contributed by atoms with Crippen molar-refractivity contribution in [2.75, 3.05) is 16.8 Å². The van der Waals surface area contributed by atoms with Crippen LogP contribution in [0.25, 0.3) is 0 Å². The molecule has 1 N–H and O–H groups in total. The summed E-state index contributed by atoms with van der Waals surface area (Å²) >= 11 is 1.88. The molecular weight excluding hydrogens is 312 g/mol. The quantitative estimate of drug-likeness (QED) is 0.928. The van der Waals surface area contributed by atoms with Crippen molar-refractivity contribution >= 4 is 23.6 Å². The van der Waals surface area contributed by atoms with Crippen molar-refractivity contribution in [1.82, 2.24) is 15.0 Å². The lowest BCUT2D eigenvalue weighted by atomic mass is 10.2. The molecule has 1 aliphatic rings. The van der Waals surface area contributed by atoms with Crippen LogP contribution in [0.3, 0.4) is 0 Å². The summed E-state index contributed by atoms with van der Waals surface area (Å²) in [6.45, 7) is 3.72. The number of nitrogens with zero attached hydrogens (tertiary/aromatic N) is 3. The first-order valence-electron chi connectivity index (χ1n) is 7.44. The van der Waals surface area contributed by atoms with Gasteiger partial charge in [0, 0.05) is 29.4 Å². The second kappa shape index (κ2) is 6.95. The van der Waals surface area contributed by atoms with Crippen LogP contribution in [0.2, 0.25) is 0 Å². The molecule has 1 amide bonds. The number of amides is 1. The first kappa shape index (κ1) is 15.7. The van der Waals surface area contributed by atoms with E-state index in [-0.39, 0.29) is 12.0 Å². The number of carbonyl (C=O) groups excluding carboxylic acids is 1. The maximum Gasteiger partial charge on any atom is 0.259 e. The van der Waals surface area contributed by atoms with Gasteiger partial charge < -0.3 is 4.74 Å². The van der Waals surface area contributed by atoms with Crippen LogP contribution in [0.15, 0.2) is 24.4 Å². The zero-order chi connectivity index (χ0) is 16.2. The van der Waals surface area contributed by atoms with Crippen LogP contribution in [0, 0.1) is 13.8 Å². The van der Waals surface area contributed by atoms with Crippen LogP contribution >= 0.6 is 11.8 Å². The van der Waals surface area contributed by atoms with Gasteiger partial charge in [-0.1, -0.05) is 0 Å². The monoisotopic (exact) mass is 330 g/mol. The molecule has 1 atom stereocenters. The van der Waals surface area contributed by atoms with E-state index in [9.17, 15) is 4.79 Å². The predicted octanol–water partition coefficient (Wildman–Crippen LogP) is 2.63. The zero-order valence-corrected chi connectivity index (χ0v) is 13.9. The van der Waals surface area contributed by atoms with Crippen LogP contribution < -0.4 is 10.1 Å². The summed E-state index contributed by atoms with van der Waals surface area (Å²) in [5.41, 5.74) is 2.06. The fourth-order valence-corrected chi connectivity index (χ4v) is 3.41. The Hall–Kier alpha value is -2.15. The Morgan fingerprint density at radius 1 is 1.30 bits per heavy atom. The average molecular weight is 330 g/mol. The fraction of sp³-hybridized carbons (Fsp3) is 0.375. The van der Waals surface area contributed by atoms with E-state index in [2.05, 4.69) is 20.3 Å². The topological polar surface area (TPSA) is 77.0 Å². The highest BCUT2D eigenvalue weighted by atomic mass is 32.2. The van der Waals surface area contributed by atoms with Crippen molar-refractivity contribution in [2.24, 2.45) is 0 Å². The third-order valence-electron chi connectivity index (χ3n) is 3.38. The molecule has 23 heavy (non-hydrogen) atoms. The van der Waals surface area contributed by atoms with Gasteiger partial charge in [0.2, 0.25) is 11.8 Å².